The molecule has 0 aromatic rings. The second kappa shape index (κ2) is 87.3. The fourth-order valence-corrected chi connectivity index (χ4v) is 12.0. The van der Waals surface area contributed by atoms with Gasteiger partial charge in [0, 0.05) is 171 Å². The summed E-state index contributed by atoms with van der Waals surface area (Å²) in [7, 11) is 34.2. The summed E-state index contributed by atoms with van der Waals surface area (Å²) >= 11 is 10.8. The van der Waals surface area contributed by atoms with E-state index in [4.69, 9.17) is 208 Å². The Labute approximate surface area is 746 Å². The second-order valence-electron chi connectivity index (χ2n) is 25.6. The number of rotatable bonds is 64. The van der Waals surface area contributed by atoms with Crippen LogP contribution < -0.4 is 0 Å². The minimum atomic E-state index is -1.67. The Hall–Kier alpha value is -3.32. The molecule has 46 nitrogen and oxygen atoms in total. The van der Waals surface area contributed by atoms with Gasteiger partial charge in [-0.3, -0.25) is 9.59 Å². The van der Waals surface area contributed by atoms with Gasteiger partial charge in [0.25, 0.3) is 10.5 Å². The largest absolute Gasteiger partial charge is 0.479 e. The third-order valence-corrected chi connectivity index (χ3v) is 19.3. The van der Waals surface area contributed by atoms with Crippen molar-refractivity contribution in [2.45, 2.75) is 256 Å². The summed E-state index contributed by atoms with van der Waals surface area (Å²) in [6.07, 6.45) is -23.6. The van der Waals surface area contributed by atoms with Gasteiger partial charge in [0.2, 0.25) is 0 Å². The Bertz CT molecular complexity index is 2100. The number of aldehydes is 2. The van der Waals surface area contributed by atoms with Gasteiger partial charge in [-0.25, -0.2) is 9.59 Å². The van der Waals surface area contributed by atoms with Gasteiger partial charge in [-0.2, -0.15) is 0 Å². The average Bonchev–Trinajstić information content (AvgIpc) is 0.796. The van der Waals surface area contributed by atoms with Crippen LogP contribution in [0.25, 0.3) is 0 Å². The minimum Gasteiger partial charge on any atom is -0.479 e. The number of halogens is 2. The van der Waals surface area contributed by atoms with E-state index in [0.29, 0.717) is 25.4 Å². The first-order chi connectivity index (χ1) is 58.7. The predicted molar refractivity (Wildman–Crippen MR) is 447 cm³/mol. The third-order valence-electron chi connectivity index (χ3n) is 18.8. The van der Waals surface area contributed by atoms with Crippen molar-refractivity contribution in [3.05, 3.63) is 0 Å². The van der Waals surface area contributed by atoms with E-state index in [0.717, 1.165) is 12.8 Å². The van der Waals surface area contributed by atoms with Crippen molar-refractivity contribution in [3.8, 4) is 0 Å². The first-order valence-electron chi connectivity index (χ1n) is 38.3. The van der Waals surface area contributed by atoms with Crippen molar-refractivity contribution in [2.75, 3.05) is 210 Å². The molecule has 32 atom stereocenters. The normalized spacial score (nSPS) is 19.0. The van der Waals surface area contributed by atoms with Crippen LogP contribution in [0.4, 0.5) is 0 Å². The van der Waals surface area contributed by atoms with Crippen molar-refractivity contribution in [1.82, 2.24) is 0 Å². The summed E-state index contributed by atoms with van der Waals surface area (Å²) in [4.78, 5) is 65.9. The molecule has 0 bridgehead atoms. The van der Waals surface area contributed by atoms with Gasteiger partial charge in [0.15, 0.2) is 37.0 Å². The van der Waals surface area contributed by atoms with Crippen LogP contribution in [-0.4, -0.2) is 522 Å². The van der Waals surface area contributed by atoms with E-state index in [-0.39, 0.29) is 58.3 Å². The van der Waals surface area contributed by atoms with E-state index < -0.39 is 207 Å². The van der Waals surface area contributed by atoms with Crippen LogP contribution >= 0.6 is 23.2 Å². The third kappa shape index (κ3) is 52.1. The van der Waals surface area contributed by atoms with Crippen LogP contribution in [0.1, 0.15) is 60.8 Å². The van der Waals surface area contributed by atoms with Crippen LogP contribution in [0.2, 0.25) is 0 Å². The van der Waals surface area contributed by atoms with Crippen molar-refractivity contribution in [2.24, 2.45) is 0 Å². The number of hydrogen-bond acceptors (Lipinski definition) is 44. The van der Waals surface area contributed by atoms with Crippen LogP contribution in [0.15, 0.2) is 0 Å². The monoisotopic (exact) mass is 1890 g/mol. The van der Waals surface area contributed by atoms with Crippen molar-refractivity contribution < 1.29 is 224 Å². The van der Waals surface area contributed by atoms with Crippen LogP contribution in [0, 0.1) is 0 Å². The van der Waals surface area contributed by atoms with E-state index in [1.165, 1.54) is 142 Å². The van der Waals surface area contributed by atoms with Crippen molar-refractivity contribution >= 4 is 58.2 Å². The van der Waals surface area contributed by atoms with Crippen LogP contribution in [0.3, 0.4) is 0 Å². The molecular weight excluding hydrogens is 1730 g/mol. The standard InChI is InChI=1S/C12H26O4.C10H16Cl2O6.C10H18O8.2C10H22O6.C10H18O6.C8H18O4.C6H14O6.CH4/c1-7-9(13-3)11(15-5)12(16-6)10(8-2)14-4;1-15-5(7(17-3)9(11)13)6(16-2)8(18-4)10(12)14;1-15-5(7(17-3)9(11)12)6(16-2)8(18-4)10(13)14;3*1-13-7(5-11)9(15-3)10(16-4)8(6-12)14-2;1-3-5(9)7(11)8(12)6(10)4-2;7-1-3(9)5(11)6(12)4(10)2-8;/h9-12H,7-8H2,1-6H3;5-8H,1-4H3;5-8H,1-4H3,(H,11,12)(H,13,14);2*7-12H,5-6H2,1-4H3;5-10H,1-4H3;5-12H,3-4H2,1-2H3;3-12H,1-2H2;1H4/t9-,10+,11+,12-;2*5-,6+,7+,8-;3*7-,8+,9+,10-;5-,6+,7+,8-;3-,4+,5+,6-;. The molecule has 0 radical (unpaired) electrons. The summed E-state index contributed by atoms with van der Waals surface area (Å²) < 4.78 is 123. The number of aliphatic hydroxyl groups is 14. The Morgan fingerprint density at radius 2 is 0.416 bits per heavy atom. The lowest BCUT2D eigenvalue weighted by Crippen LogP contribution is -2.53. The van der Waals surface area contributed by atoms with Gasteiger partial charge in [0.05, 0.1) is 64.1 Å². The summed E-state index contributed by atoms with van der Waals surface area (Å²) in [5, 5.41) is 142. The molecule has 0 saturated carbocycles. The Morgan fingerprint density at radius 1 is 0.240 bits per heavy atom. The number of carbonyl (C=O) groups excluding carboxylic acids is 4. The van der Waals surface area contributed by atoms with E-state index in [1.807, 2.05) is 0 Å². The molecule has 0 rings (SSSR count). The highest BCUT2D eigenvalue weighted by molar-refractivity contribution is 6.65. The number of methoxy groups -OCH3 is 24. The molecule has 48 heteroatoms. The molecule has 0 unspecified atom stereocenters. The molecule has 125 heavy (non-hydrogen) atoms. The lowest BCUT2D eigenvalue weighted by Gasteiger charge is -2.34. The molecule has 16 N–H and O–H groups in total. The predicted octanol–water partition coefficient (Wildman–Crippen LogP) is -4.53. The van der Waals surface area contributed by atoms with E-state index >= 15 is 0 Å². The number of carboxylic acid groups (broad SMARTS) is 2. The van der Waals surface area contributed by atoms with Gasteiger partial charge < -0.3 is 205 Å². The highest BCUT2D eigenvalue weighted by atomic mass is 35.5. The molecule has 756 valence electrons. The molecule has 0 fully saturated rings. The number of hydrogen-bond donors (Lipinski definition) is 16. The summed E-state index contributed by atoms with van der Waals surface area (Å²) in [6.45, 7) is 5.28. The summed E-state index contributed by atoms with van der Waals surface area (Å²) in [6, 6.07) is 0. The quantitative estimate of drug-likeness (QED) is 0.0201. The van der Waals surface area contributed by atoms with E-state index in [1.54, 1.807) is 42.3 Å². The topological polar surface area (TPSA) is 648 Å². The fraction of sp³-hybridized carbons (Fsp3) is 0.922. The molecule has 0 aromatic heterocycles. The highest BCUT2D eigenvalue weighted by Crippen LogP contribution is 2.24. The Kier molecular flexibility index (Phi) is 97.5. The maximum absolute atomic E-state index is 11.2. The molecule has 0 spiro atoms. The first kappa shape index (κ1) is 140. The molecule has 0 amide bonds. The van der Waals surface area contributed by atoms with Gasteiger partial charge in [-0.1, -0.05) is 35.1 Å². The zero-order valence-corrected chi connectivity index (χ0v) is 78.4. The first-order valence-corrected chi connectivity index (χ1v) is 39.0. The van der Waals surface area contributed by atoms with Gasteiger partial charge >= 0.3 is 11.9 Å². The van der Waals surface area contributed by atoms with Crippen LogP contribution in [-0.2, 0) is 142 Å². The Balaban J connectivity index is -0.000000176. The molecule has 0 aliphatic heterocycles. The number of aliphatic carboxylic acids is 2. The molecular formula is C77H158Cl2O46. The zero-order valence-electron chi connectivity index (χ0n) is 76.9. The minimum absolute atomic E-state index is 0. The van der Waals surface area contributed by atoms with E-state index in [2.05, 4.69) is 13.8 Å². The highest BCUT2D eigenvalue weighted by Gasteiger charge is 2.45. The van der Waals surface area contributed by atoms with Crippen molar-refractivity contribution in [1.29, 1.82) is 0 Å². The Morgan fingerprint density at radius 3 is 0.528 bits per heavy atom. The fourth-order valence-electron chi connectivity index (χ4n) is 11.5. The summed E-state index contributed by atoms with van der Waals surface area (Å²) in [5.41, 5.74) is 0. The van der Waals surface area contributed by atoms with E-state index in [9.17, 15) is 39.0 Å². The molecule has 0 heterocycles. The smallest absolute Gasteiger partial charge is 0.335 e. The number of aliphatic hydroxyl groups excluding tert-OH is 14. The number of carboxylic acids is 2. The van der Waals surface area contributed by atoms with Crippen LogP contribution in [0.5, 0.6) is 0 Å². The average molecular weight is 1890 g/mol. The molecule has 0 aliphatic rings. The second-order valence-corrected chi connectivity index (χ2v) is 26.3. The van der Waals surface area contributed by atoms with Crippen molar-refractivity contribution in [3.63, 3.8) is 0 Å². The van der Waals surface area contributed by atoms with Gasteiger partial charge in [-0.05, 0) is 48.9 Å². The SMILES string of the molecule is C.CC[C@@H](O)[C@H](O)[C@H](O)[C@@H](O)CC.CC[C@H](OC)[C@@H](OC)[C@@H](OC)[C@@H](CC)OC.CO[C@H]([C@H](OC)[C@@H](OC)C(=O)Cl)[C@H](OC)C(=O)Cl.CO[C@H]([C@H](OC)[C@@H](OC)C(=O)O)[C@H](OC)C(=O)O.CO[C@H]([C@H](OC)[C@H](C=O)OC)[C@@H](C=O)OC.CO[C@H]([C@H](OC)[C@H](CO)OC)[C@@H](CO)OC.CO[C@H]([C@H](OC)[C@H](CO)OC)[C@@H](CO)OC.OC[C@@H](O)[C@H](O)[C@H](O)[C@@H](O)CO. The number of carbonyl (C=O) groups is 6. The molecule has 0 aromatic carbocycles. The molecule has 0 saturated heterocycles. The van der Waals surface area contributed by atoms with Gasteiger partial charge in [0.1, 0.15) is 146 Å². The lowest BCUT2D eigenvalue weighted by molar-refractivity contribution is -0.186. The lowest BCUT2D eigenvalue weighted by atomic mass is 9.99. The van der Waals surface area contributed by atoms with Gasteiger partial charge in [-0.15, -0.1) is 0 Å². The zero-order chi connectivity index (χ0) is 98.2. The number of ether oxygens (including phenoxy) is 24. The molecule has 0 aliphatic carbocycles. The maximum atomic E-state index is 11.2. The maximum Gasteiger partial charge on any atom is 0.335 e. The summed E-state index contributed by atoms with van der Waals surface area (Å²) in [5.74, 6) is -2.57.